The summed E-state index contributed by atoms with van der Waals surface area (Å²) in [6.45, 7) is 1.41. The molecule has 4 nitrogen and oxygen atoms in total. The molecule has 25 heavy (non-hydrogen) atoms. The largest absolute Gasteiger partial charge is 0.376 e. The summed E-state index contributed by atoms with van der Waals surface area (Å²) in [5.41, 5.74) is 3.03. The molecule has 0 radical (unpaired) electrons. The number of benzene rings is 2. The topological polar surface area (TPSA) is 45.3 Å². The lowest BCUT2D eigenvalue weighted by Crippen LogP contribution is -2.38. The number of carbonyl (C=O) groups is 1. The third-order valence-corrected chi connectivity index (χ3v) is 4.80. The molecule has 0 bridgehead atoms. The van der Waals surface area contributed by atoms with Crippen LogP contribution in [0.15, 0.2) is 60.8 Å². The smallest absolute Gasteiger partial charge is 0.231 e. The van der Waals surface area contributed by atoms with Gasteiger partial charge in [-0.15, -0.1) is 0 Å². The lowest BCUT2D eigenvalue weighted by atomic mass is 10.1. The van der Waals surface area contributed by atoms with Gasteiger partial charge in [0.2, 0.25) is 5.91 Å². The maximum atomic E-state index is 13.1. The van der Waals surface area contributed by atoms with Gasteiger partial charge >= 0.3 is 0 Å². The van der Waals surface area contributed by atoms with E-state index < -0.39 is 0 Å². The van der Waals surface area contributed by atoms with Crippen LogP contribution in [-0.2, 0) is 16.0 Å². The molecule has 1 amide bonds. The highest BCUT2D eigenvalue weighted by Gasteiger charge is 2.24. The zero-order chi connectivity index (χ0) is 17.1. The molecule has 4 heteroatoms. The summed E-state index contributed by atoms with van der Waals surface area (Å²) >= 11 is 0. The lowest BCUT2D eigenvalue weighted by molar-refractivity contribution is -0.118. The Morgan fingerprint density at radius 1 is 1.12 bits per heavy atom. The Labute approximate surface area is 147 Å². The molecule has 1 aromatic heterocycles. The lowest BCUT2D eigenvalue weighted by Gasteiger charge is -2.25. The van der Waals surface area contributed by atoms with Crippen LogP contribution in [0.2, 0.25) is 0 Å². The Balaban J connectivity index is 1.58. The van der Waals surface area contributed by atoms with Gasteiger partial charge in [0.25, 0.3) is 0 Å². The number of nitrogens with one attached hydrogen (secondary N) is 1. The van der Waals surface area contributed by atoms with Crippen LogP contribution in [0.25, 0.3) is 10.9 Å². The number of amides is 1. The van der Waals surface area contributed by atoms with E-state index in [4.69, 9.17) is 4.74 Å². The maximum Gasteiger partial charge on any atom is 0.231 e. The Bertz CT molecular complexity index is 850. The molecule has 1 atom stereocenters. The van der Waals surface area contributed by atoms with Crippen molar-refractivity contribution in [1.29, 1.82) is 0 Å². The number of rotatable bonds is 5. The minimum absolute atomic E-state index is 0.103. The van der Waals surface area contributed by atoms with E-state index in [1.54, 1.807) is 0 Å². The average Bonchev–Trinajstić information content (AvgIpc) is 3.31. The molecule has 2 aromatic carbocycles. The van der Waals surface area contributed by atoms with E-state index in [0.717, 1.165) is 41.6 Å². The predicted octanol–water partition coefficient (Wildman–Crippen LogP) is 3.92. The molecule has 1 N–H and O–H groups in total. The highest BCUT2D eigenvalue weighted by molar-refractivity contribution is 5.97. The molecule has 0 aliphatic carbocycles. The van der Waals surface area contributed by atoms with Crippen LogP contribution in [0.4, 0.5) is 5.69 Å². The second-order valence-corrected chi connectivity index (χ2v) is 6.51. The van der Waals surface area contributed by atoms with E-state index >= 15 is 0 Å². The SMILES string of the molecule is O=C(Cc1c[nH]c2ccccc12)N(CC1CCCO1)c1ccccc1. The maximum absolute atomic E-state index is 13.1. The molecule has 128 valence electrons. The summed E-state index contributed by atoms with van der Waals surface area (Å²) in [6, 6.07) is 18.0. The number of carbonyl (C=O) groups excluding carboxylic acids is 1. The predicted molar refractivity (Wildman–Crippen MR) is 99.8 cm³/mol. The quantitative estimate of drug-likeness (QED) is 0.768. The summed E-state index contributed by atoms with van der Waals surface area (Å²) in [7, 11) is 0. The van der Waals surface area contributed by atoms with E-state index in [1.807, 2.05) is 59.6 Å². The number of hydrogen-bond acceptors (Lipinski definition) is 2. The summed E-state index contributed by atoms with van der Waals surface area (Å²) in [5.74, 6) is 0.103. The molecule has 1 aliphatic rings. The summed E-state index contributed by atoms with van der Waals surface area (Å²) in [6.07, 6.45) is 4.55. The molecule has 1 aliphatic heterocycles. The number of aromatic amines is 1. The van der Waals surface area contributed by atoms with Crippen LogP contribution in [0.5, 0.6) is 0 Å². The first kappa shape index (κ1) is 15.9. The first-order valence-corrected chi connectivity index (χ1v) is 8.83. The van der Waals surface area contributed by atoms with Gasteiger partial charge in [-0.3, -0.25) is 4.79 Å². The summed E-state index contributed by atoms with van der Waals surface area (Å²) in [5, 5.41) is 1.11. The fraction of sp³-hybridized carbons (Fsp3) is 0.286. The van der Waals surface area contributed by atoms with Gasteiger partial charge in [0.15, 0.2) is 0 Å². The zero-order valence-electron chi connectivity index (χ0n) is 14.2. The van der Waals surface area contributed by atoms with Crippen molar-refractivity contribution in [2.45, 2.75) is 25.4 Å². The number of nitrogens with zero attached hydrogens (tertiary/aromatic N) is 1. The van der Waals surface area contributed by atoms with Crippen molar-refractivity contribution < 1.29 is 9.53 Å². The molecule has 3 aromatic rings. The van der Waals surface area contributed by atoms with Crippen molar-refractivity contribution in [3.63, 3.8) is 0 Å². The average molecular weight is 334 g/mol. The van der Waals surface area contributed by atoms with E-state index in [2.05, 4.69) is 11.1 Å². The number of aromatic nitrogens is 1. The molecule has 1 unspecified atom stereocenters. The Hall–Kier alpha value is -2.59. The Morgan fingerprint density at radius 2 is 1.92 bits per heavy atom. The van der Waals surface area contributed by atoms with Crippen molar-refractivity contribution in [1.82, 2.24) is 4.98 Å². The number of ether oxygens (including phenoxy) is 1. The molecule has 1 saturated heterocycles. The number of anilines is 1. The summed E-state index contributed by atoms with van der Waals surface area (Å²) < 4.78 is 5.76. The van der Waals surface area contributed by atoms with Gasteiger partial charge in [0.1, 0.15) is 0 Å². The second-order valence-electron chi connectivity index (χ2n) is 6.51. The van der Waals surface area contributed by atoms with Crippen LogP contribution < -0.4 is 4.90 Å². The first-order chi connectivity index (χ1) is 12.3. The van der Waals surface area contributed by atoms with Crippen molar-refractivity contribution in [2.24, 2.45) is 0 Å². The fourth-order valence-corrected chi connectivity index (χ4v) is 3.49. The second kappa shape index (κ2) is 7.11. The third kappa shape index (κ3) is 3.44. The summed E-state index contributed by atoms with van der Waals surface area (Å²) in [4.78, 5) is 18.2. The minimum Gasteiger partial charge on any atom is -0.376 e. The van der Waals surface area contributed by atoms with Crippen molar-refractivity contribution in [3.8, 4) is 0 Å². The van der Waals surface area contributed by atoms with Gasteiger partial charge in [0.05, 0.1) is 19.1 Å². The molecule has 1 fully saturated rings. The molecule has 0 saturated carbocycles. The van der Waals surface area contributed by atoms with Gasteiger partial charge in [-0.1, -0.05) is 36.4 Å². The minimum atomic E-state index is 0.103. The standard InChI is InChI=1S/C21H22N2O2/c24-21(13-16-14-22-20-11-5-4-10-19(16)20)23(15-18-9-6-12-25-18)17-7-2-1-3-8-17/h1-5,7-8,10-11,14,18,22H,6,9,12-13,15H2. The van der Waals surface area contributed by atoms with Crippen LogP contribution in [0, 0.1) is 0 Å². The number of hydrogen-bond donors (Lipinski definition) is 1. The van der Waals surface area contributed by atoms with Crippen LogP contribution in [0.3, 0.4) is 0 Å². The molecular formula is C21H22N2O2. The van der Waals surface area contributed by atoms with E-state index in [1.165, 1.54) is 0 Å². The van der Waals surface area contributed by atoms with Gasteiger partial charge in [-0.05, 0) is 36.6 Å². The molecule has 2 heterocycles. The van der Waals surface area contributed by atoms with Crippen molar-refractivity contribution in [2.75, 3.05) is 18.1 Å². The van der Waals surface area contributed by atoms with Crippen LogP contribution in [0.1, 0.15) is 18.4 Å². The van der Waals surface area contributed by atoms with Crippen molar-refractivity contribution in [3.05, 3.63) is 66.4 Å². The van der Waals surface area contributed by atoms with Gasteiger partial charge in [-0.2, -0.15) is 0 Å². The monoisotopic (exact) mass is 334 g/mol. The van der Waals surface area contributed by atoms with Crippen molar-refractivity contribution >= 4 is 22.5 Å². The Morgan fingerprint density at radius 3 is 2.72 bits per heavy atom. The van der Waals surface area contributed by atoms with Gasteiger partial charge < -0.3 is 14.6 Å². The highest BCUT2D eigenvalue weighted by Crippen LogP contribution is 2.23. The number of para-hydroxylation sites is 2. The normalized spacial score (nSPS) is 17.0. The molecular weight excluding hydrogens is 312 g/mol. The van der Waals surface area contributed by atoms with Gasteiger partial charge in [0, 0.05) is 29.4 Å². The first-order valence-electron chi connectivity index (χ1n) is 8.83. The van der Waals surface area contributed by atoms with Crippen LogP contribution >= 0.6 is 0 Å². The number of fused-ring (bicyclic) bond motifs is 1. The number of H-pyrrole nitrogens is 1. The van der Waals surface area contributed by atoms with Gasteiger partial charge in [-0.25, -0.2) is 0 Å². The highest BCUT2D eigenvalue weighted by atomic mass is 16.5. The third-order valence-electron chi connectivity index (χ3n) is 4.80. The van der Waals surface area contributed by atoms with Crippen LogP contribution in [-0.4, -0.2) is 30.1 Å². The Kier molecular flexibility index (Phi) is 4.53. The van der Waals surface area contributed by atoms with E-state index in [0.29, 0.717) is 13.0 Å². The van der Waals surface area contributed by atoms with E-state index in [9.17, 15) is 4.79 Å². The van der Waals surface area contributed by atoms with E-state index in [-0.39, 0.29) is 12.0 Å². The zero-order valence-corrected chi connectivity index (χ0v) is 14.2. The fourth-order valence-electron chi connectivity index (χ4n) is 3.49. The molecule has 4 rings (SSSR count). The molecule has 0 spiro atoms.